The Morgan fingerprint density at radius 3 is 1.40 bits per heavy atom. The van der Waals surface area contributed by atoms with Crippen molar-refractivity contribution in [2.75, 3.05) is 0 Å². The fourth-order valence-corrected chi connectivity index (χ4v) is 4.71. The van der Waals surface area contributed by atoms with Crippen LogP contribution in [0.2, 0.25) is 0 Å². The Balaban J connectivity index is 1.54. The zero-order valence-electron chi connectivity index (χ0n) is 17.4. The van der Waals surface area contributed by atoms with Crippen molar-refractivity contribution in [1.82, 2.24) is 0 Å². The molecular weight excluding hydrogens is 360 g/mol. The summed E-state index contributed by atoms with van der Waals surface area (Å²) in [6.07, 6.45) is 2.02. The average Bonchev–Trinajstić information content (AvgIpc) is 2.79. The lowest BCUT2D eigenvalue weighted by molar-refractivity contribution is 0.466. The molecule has 0 heteroatoms. The highest BCUT2D eigenvalue weighted by Gasteiger charge is 2.27. The maximum Gasteiger partial charge on any atom is 0.000539 e. The van der Waals surface area contributed by atoms with Gasteiger partial charge in [0.25, 0.3) is 0 Å². The van der Waals surface area contributed by atoms with Crippen molar-refractivity contribution >= 4 is 21.5 Å². The first-order valence-electron chi connectivity index (χ1n) is 10.7. The molecule has 0 aliphatic heterocycles. The van der Waals surface area contributed by atoms with Gasteiger partial charge < -0.3 is 0 Å². The van der Waals surface area contributed by atoms with Crippen LogP contribution in [0, 0.1) is 0 Å². The van der Waals surface area contributed by atoms with E-state index in [0.29, 0.717) is 0 Å². The monoisotopic (exact) mass is 386 g/mol. The maximum atomic E-state index is 2.41. The summed E-state index contributed by atoms with van der Waals surface area (Å²) in [6, 6.07) is 42.1. The van der Waals surface area contributed by atoms with Gasteiger partial charge >= 0.3 is 0 Å². The van der Waals surface area contributed by atoms with Crippen LogP contribution in [0.3, 0.4) is 0 Å². The van der Waals surface area contributed by atoms with Gasteiger partial charge in [0.2, 0.25) is 0 Å². The second kappa shape index (κ2) is 7.80. The summed E-state index contributed by atoms with van der Waals surface area (Å²) in [5, 5.41) is 5.24. The van der Waals surface area contributed by atoms with Crippen LogP contribution in [0.25, 0.3) is 21.5 Å². The molecule has 0 N–H and O–H groups in total. The molecule has 0 unspecified atom stereocenters. The van der Waals surface area contributed by atoms with E-state index in [1.807, 2.05) is 0 Å². The third-order valence-corrected chi connectivity index (χ3v) is 6.29. The van der Waals surface area contributed by atoms with Crippen molar-refractivity contribution in [2.45, 2.75) is 25.2 Å². The zero-order chi connectivity index (χ0) is 20.4. The Bertz CT molecular complexity index is 1220. The first kappa shape index (κ1) is 18.6. The molecular formula is C30H26. The molecule has 0 aromatic heterocycles. The predicted molar refractivity (Wildman–Crippen MR) is 129 cm³/mol. The molecule has 0 aliphatic rings. The van der Waals surface area contributed by atoms with Crippen LogP contribution in [0.5, 0.6) is 0 Å². The fraction of sp³-hybridized carbons (Fsp3) is 0.133. The minimum atomic E-state index is 0.0200. The molecule has 0 bridgehead atoms. The van der Waals surface area contributed by atoms with Crippen LogP contribution >= 0.6 is 0 Å². The summed E-state index contributed by atoms with van der Waals surface area (Å²) in [6.45, 7) is 2.41. The standard InChI is InChI=1S/C30H26/c1-30(29-13-3-2-4-14-29,21-23-15-17-25-9-5-7-11-27(25)19-23)22-24-16-18-26-10-6-8-12-28(26)20-24/h2-20H,21-22H2,1H3. The molecule has 0 heterocycles. The molecule has 0 radical (unpaired) electrons. The molecule has 0 aliphatic carbocycles. The summed E-state index contributed by atoms with van der Waals surface area (Å²) in [7, 11) is 0. The van der Waals surface area contributed by atoms with Crippen molar-refractivity contribution in [3.63, 3.8) is 0 Å². The van der Waals surface area contributed by atoms with Gasteiger partial charge in [0.05, 0.1) is 0 Å². The molecule has 0 atom stereocenters. The lowest BCUT2D eigenvalue weighted by Gasteiger charge is -2.31. The van der Waals surface area contributed by atoms with E-state index in [0.717, 1.165) is 12.8 Å². The molecule has 0 amide bonds. The molecule has 5 rings (SSSR count). The van der Waals surface area contributed by atoms with Gasteiger partial charge in [0.15, 0.2) is 0 Å². The van der Waals surface area contributed by atoms with Gasteiger partial charge in [-0.2, -0.15) is 0 Å². The first-order chi connectivity index (χ1) is 14.7. The van der Waals surface area contributed by atoms with Gasteiger partial charge in [0, 0.05) is 5.41 Å². The largest absolute Gasteiger partial charge is 0.0622 e. The van der Waals surface area contributed by atoms with E-state index in [1.165, 1.54) is 38.2 Å². The van der Waals surface area contributed by atoms with Crippen LogP contribution in [0.1, 0.15) is 23.6 Å². The van der Waals surface area contributed by atoms with Gasteiger partial charge in [0.1, 0.15) is 0 Å². The number of rotatable bonds is 5. The van der Waals surface area contributed by atoms with Crippen LogP contribution in [-0.2, 0) is 18.3 Å². The fourth-order valence-electron chi connectivity index (χ4n) is 4.71. The summed E-state index contributed by atoms with van der Waals surface area (Å²) in [5.74, 6) is 0. The highest BCUT2D eigenvalue weighted by atomic mass is 14.3. The number of benzene rings is 5. The SMILES string of the molecule is CC(Cc1ccc2ccccc2c1)(Cc1ccc2ccccc2c1)c1ccccc1. The highest BCUT2D eigenvalue weighted by molar-refractivity contribution is 5.83. The Kier molecular flexibility index (Phi) is 4.85. The highest BCUT2D eigenvalue weighted by Crippen LogP contribution is 2.34. The van der Waals surface area contributed by atoms with Crippen LogP contribution in [0.4, 0.5) is 0 Å². The molecule has 146 valence electrons. The topological polar surface area (TPSA) is 0 Å². The van der Waals surface area contributed by atoms with Gasteiger partial charge in [-0.3, -0.25) is 0 Å². The van der Waals surface area contributed by atoms with Crippen molar-refractivity contribution in [3.8, 4) is 0 Å². The van der Waals surface area contributed by atoms with Crippen molar-refractivity contribution in [1.29, 1.82) is 0 Å². The maximum absolute atomic E-state index is 2.41. The van der Waals surface area contributed by atoms with E-state index in [2.05, 4.69) is 122 Å². The smallest absolute Gasteiger partial charge is 0.000539 e. The molecule has 0 spiro atoms. The third kappa shape index (κ3) is 3.74. The van der Waals surface area contributed by atoms with Gasteiger partial charge in [-0.25, -0.2) is 0 Å². The third-order valence-electron chi connectivity index (χ3n) is 6.29. The average molecular weight is 387 g/mol. The molecule has 0 saturated heterocycles. The molecule has 0 saturated carbocycles. The summed E-state index contributed by atoms with van der Waals surface area (Å²) >= 11 is 0. The van der Waals surface area contributed by atoms with Crippen LogP contribution < -0.4 is 0 Å². The van der Waals surface area contributed by atoms with E-state index >= 15 is 0 Å². The van der Waals surface area contributed by atoms with E-state index in [-0.39, 0.29) is 5.41 Å². The Morgan fingerprint density at radius 1 is 0.467 bits per heavy atom. The normalized spacial score (nSPS) is 11.8. The van der Waals surface area contributed by atoms with E-state index in [4.69, 9.17) is 0 Å². The van der Waals surface area contributed by atoms with Crippen molar-refractivity contribution < 1.29 is 0 Å². The van der Waals surface area contributed by atoms with E-state index in [1.54, 1.807) is 0 Å². The number of hydrogen-bond acceptors (Lipinski definition) is 0. The van der Waals surface area contributed by atoms with Crippen LogP contribution in [0.15, 0.2) is 115 Å². The quantitative estimate of drug-likeness (QED) is 0.290. The minimum absolute atomic E-state index is 0.0200. The van der Waals surface area contributed by atoms with Gasteiger partial charge in [-0.05, 0) is 51.1 Å². The van der Waals surface area contributed by atoms with Crippen LogP contribution in [-0.4, -0.2) is 0 Å². The second-order valence-electron chi connectivity index (χ2n) is 8.64. The predicted octanol–water partition coefficient (Wildman–Crippen LogP) is 7.74. The first-order valence-corrected chi connectivity index (χ1v) is 10.7. The summed E-state index contributed by atoms with van der Waals surface area (Å²) < 4.78 is 0. The Morgan fingerprint density at radius 2 is 0.900 bits per heavy atom. The molecule has 0 fully saturated rings. The molecule has 5 aromatic rings. The second-order valence-corrected chi connectivity index (χ2v) is 8.64. The van der Waals surface area contributed by atoms with Gasteiger partial charge in [-0.1, -0.05) is 122 Å². The summed E-state index contributed by atoms with van der Waals surface area (Å²) in [4.78, 5) is 0. The molecule has 5 aromatic carbocycles. The lowest BCUT2D eigenvalue weighted by Crippen LogP contribution is -2.28. The van der Waals surface area contributed by atoms with E-state index < -0.39 is 0 Å². The minimum Gasteiger partial charge on any atom is -0.0622 e. The zero-order valence-corrected chi connectivity index (χ0v) is 17.4. The summed E-state index contributed by atoms with van der Waals surface area (Å²) in [5.41, 5.74) is 4.19. The Hall–Kier alpha value is -3.38. The van der Waals surface area contributed by atoms with Gasteiger partial charge in [-0.15, -0.1) is 0 Å². The van der Waals surface area contributed by atoms with Crippen molar-refractivity contribution in [3.05, 3.63) is 132 Å². The molecule has 0 nitrogen and oxygen atoms in total. The Labute approximate surface area is 178 Å². The number of hydrogen-bond donors (Lipinski definition) is 0. The molecule has 30 heavy (non-hydrogen) atoms. The lowest BCUT2D eigenvalue weighted by atomic mass is 9.73. The van der Waals surface area contributed by atoms with E-state index in [9.17, 15) is 0 Å². The number of fused-ring (bicyclic) bond motifs is 2. The van der Waals surface area contributed by atoms with Crippen molar-refractivity contribution in [2.24, 2.45) is 0 Å².